The van der Waals surface area contributed by atoms with Crippen LogP contribution in [0.5, 0.6) is 5.88 Å². The fraction of sp³-hybridized carbons (Fsp3) is 0.562. The number of ether oxygens (including phenoxy) is 3. The fourth-order valence-corrected chi connectivity index (χ4v) is 2.63. The number of nitrogen functional groups attached to an aromatic ring is 1. The highest BCUT2D eigenvalue weighted by molar-refractivity contribution is 6.34. The third kappa shape index (κ3) is 4.88. The van der Waals surface area contributed by atoms with E-state index in [0.29, 0.717) is 19.5 Å². The average Bonchev–Trinajstić information content (AvgIpc) is 2.93. The number of hydrogen-bond donors (Lipinski definition) is 1. The minimum absolute atomic E-state index is 0.00658. The predicted molar refractivity (Wildman–Crippen MR) is 91.8 cm³/mol. The quantitative estimate of drug-likeness (QED) is 0.814. The van der Waals surface area contributed by atoms with Crippen molar-refractivity contribution in [3.8, 4) is 5.88 Å². The number of rotatable bonds is 3. The summed E-state index contributed by atoms with van der Waals surface area (Å²) in [5.74, 6) is -0.558. The molecule has 2 rings (SSSR count). The van der Waals surface area contributed by atoms with Gasteiger partial charge in [-0.1, -0.05) is 11.6 Å². The van der Waals surface area contributed by atoms with Gasteiger partial charge in [-0.05, 0) is 20.8 Å². The van der Waals surface area contributed by atoms with Crippen LogP contribution < -0.4 is 10.5 Å². The van der Waals surface area contributed by atoms with Gasteiger partial charge in [-0.15, -0.1) is 0 Å². The maximum Gasteiger partial charge on any atom is 0.410 e. The maximum atomic E-state index is 12.1. The SMILES string of the molecule is COC(=O)c1c(Cl)cc(N)nc1OC1CCN(C(=O)OC(C)(C)C)C1. The fourth-order valence-electron chi connectivity index (χ4n) is 2.36. The standard InChI is InChI=1S/C16H22ClN3O5/c1-16(2,3)25-15(22)20-6-5-9(8-20)24-13-12(14(21)23-4)10(17)7-11(18)19-13/h7,9H,5-6,8H2,1-4H3,(H2,18,19). The van der Waals surface area contributed by atoms with Crippen molar-refractivity contribution in [3.63, 3.8) is 0 Å². The molecule has 0 saturated carbocycles. The second-order valence-electron chi connectivity index (χ2n) is 6.66. The van der Waals surface area contributed by atoms with Gasteiger partial charge in [-0.3, -0.25) is 0 Å². The van der Waals surface area contributed by atoms with E-state index in [9.17, 15) is 9.59 Å². The highest BCUT2D eigenvalue weighted by atomic mass is 35.5. The lowest BCUT2D eigenvalue weighted by Gasteiger charge is -2.24. The summed E-state index contributed by atoms with van der Waals surface area (Å²) in [5, 5.41) is 0.0938. The molecule has 1 fully saturated rings. The number of carbonyl (C=O) groups is 2. The Balaban J connectivity index is 2.11. The molecular weight excluding hydrogens is 350 g/mol. The van der Waals surface area contributed by atoms with Gasteiger partial charge in [0.25, 0.3) is 0 Å². The second kappa shape index (κ2) is 7.35. The first-order valence-corrected chi connectivity index (χ1v) is 8.17. The first-order valence-electron chi connectivity index (χ1n) is 7.79. The minimum Gasteiger partial charge on any atom is -0.472 e. The zero-order chi connectivity index (χ0) is 18.8. The van der Waals surface area contributed by atoms with Gasteiger partial charge in [0.1, 0.15) is 23.1 Å². The number of hydrogen-bond acceptors (Lipinski definition) is 7. The molecule has 9 heteroatoms. The van der Waals surface area contributed by atoms with Crippen LogP contribution in [-0.2, 0) is 9.47 Å². The number of halogens is 1. The molecule has 1 saturated heterocycles. The Bertz CT molecular complexity index is 674. The molecular formula is C16H22ClN3O5. The molecule has 0 radical (unpaired) electrons. The van der Waals surface area contributed by atoms with Crippen LogP contribution >= 0.6 is 11.6 Å². The van der Waals surface area contributed by atoms with Crippen molar-refractivity contribution >= 4 is 29.5 Å². The van der Waals surface area contributed by atoms with Gasteiger partial charge in [-0.25, -0.2) is 9.59 Å². The number of methoxy groups -OCH3 is 1. The van der Waals surface area contributed by atoms with Crippen molar-refractivity contribution in [2.75, 3.05) is 25.9 Å². The van der Waals surface area contributed by atoms with Crippen LogP contribution in [0.3, 0.4) is 0 Å². The van der Waals surface area contributed by atoms with Crippen LogP contribution in [0.1, 0.15) is 37.6 Å². The molecule has 8 nitrogen and oxygen atoms in total. The van der Waals surface area contributed by atoms with Crippen molar-refractivity contribution in [1.29, 1.82) is 0 Å². The third-order valence-electron chi connectivity index (χ3n) is 3.42. The molecule has 2 heterocycles. The smallest absolute Gasteiger partial charge is 0.410 e. The zero-order valence-electron chi connectivity index (χ0n) is 14.7. The average molecular weight is 372 g/mol. The summed E-state index contributed by atoms with van der Waals surface area (Å²) < 4.78 is 15.8. The monoisotopic (exact) mass is 371 g/mol. The Labute approximate surface area is 151 Å². The Hall–Kier alpha value is -2.22. The van der Waals surface area contributed by atoms with Crippen molar-refractivity contribution in [2.45, 2.75) is 38.9 Å². The van der Waals surface area contributed by atoms with Crippen LogP contribution in [-0.4, -0.2) is 53.9 Å². The molecule has 138 valence electrons. The van der Waals surface area contributed by atoms with E-state index in [1.165, 1.54) is 13.2 Å². The molecule has 1 atom stereocenters. The molecule has 0 aliphatic carbocycles. The van der Waals surface area contributed by atoms with E-state index in [-0.39, 0.29) is 28.4 Å². The lowest BCUT2D eigenvalue weighted by molar-refractivity contribution is 0.0273. The highest BCUT2D eigenvalue weighted by Crippen LogP contribution is 2.29. The molecule has 1 aromatic rings. The van der Waals surface area contributed by atoms with Crippen molar-refractivity contribution in [3.05, 3.63) is 16.7 Å². The number of likely N-dealkylation sites (tertiary alicyclic amines) is 1. The Kier molecular flexibility index (Phi) is 5.62. The lowest BCUT2D eigenvalue weighted by Crippen LogP contribution is -2.36. The Morgan fingerprint density at radius 1 is 1.40 bits per heavy atom. The van der Waals surface area contributed by atoms with Crippen molar-refractivity contribution in [2.24, 2.45) is 0 Å². The summed E-state index contributed by atoms with van der Waals surface area (Å²) in [7, 11) is 1.23. The number of pyridine rings is 1. The van der Waals surface area contributed by atoms with Crippen molar-refractivity contribution < 1.29 is 23.8 Å². The Morgan fingerprint density at radius 3 is 2.68 bits per heavy atom. The van der Waals surface area contributed by atoms with E-state index in [2.05, 4.69) is 4.98 Å². The van der Waals surface area contributed by atoms with Crippen LogP contribution in [0.4, 0.5) is 10.6 Å². The Morgan fingerprint density at radius 2 is 2.08 bits per heavy atom. The number of nitrogens with zero attached hydrogens (tertiary/aromatic N) is 2. The van der Waals surface area contributed by atoms with Gasteiger partial charge >= 0.3 is 12.1 Å². The molecule has 0 aromatic carbocycles. The van der Waals surface area contributed by atoms with E-state index in [4.69, 9.17) is 31.5 Å². The number of nitrogens with two attached hydrogens (primary N) is 1. The number of anilines is 1. The third-order valence-corrected chi connectivity index (χ3v) is 3.72. The maximum absolute atomic E-state index is 12.1. The minimum atomic E-state index is -0.672. The molecule has 0 spiro atoms. The number of amides is 1. The normalized spacial score (nSPS) is 17.3. The number of aromatic nitrogens is 1. The largest absolute Gasteiger partial charge is 0.472 e. The van der Waals surface area contributed by atoms with Gasteiger partial charge < -0.3 is 24.8 Å². The predicted octanol–water partition coefficient (Wildman–Crippen LogP) is 2.49. The van der Waals surface area contributed by atoms with Crippen LogP contribution in [0.2, 0.25) is 5.02 Å². The molecule has 1 unspecified atom stereocenters. The topological polar surface area (TPSA) is 104 Å². The molecule has 1 aromatic heterocycles. The molecule has 1 aliphatic rings. The number of carbonyl (C=O) groups excluding carboxylic acids is 2. The first-order chi connectivity index (χ1) is 11.6. The van der Waals surface area contributed by atoms with Crippen LogP contribution in [0.25, 0.3) is 0 Å². The van der Waals surface area contributed by atoms with E-state index in [1.54, 1.807) is 25.7 Å². The van der Waals surface area contributed by atoms with Crippen LogP contribution in [0.15, 0.2) is 6.07 Å². The number of esters is 1. The molecule has 2 N–H and O–H groups in total. The molecule has 0 bridgehead atoms. The summed E-state index contributed by atoms with van der Waals surface area (Å²) in [6, 6.07) is 1.35. The summed E-state index contributed by atoms with van der Waals surface area (Å²) in [6.07, 6.45) is -0.208. The van der Waals surface area contributed by atoms with Gasteiger partial charge in [0.05, 0.1) is 18.7 Å². The lowest BCUT2D eigenvalue weighted by atomic mass is 10.2. The summed E-state index contributed by atoms with van der Waals surface area (Å²) in [4.78, 5) is 29.6. The van der Waals surface area contributed by atoms with Crippen LogP contribution in [0, 0.1) is 0 Å². The first kappa shape index (κ1) is 19.1. The van der Waals surface area contributed by atoms with E-state index < -0.39 is 17.7 Å². The summed E-state index contributed by atoms with van der Waals surface area (Å²) in [6.45, 7) is 6.19. The van der Waals surface area contributed by atoms with Gasteiger partial charge in [0.15, 0.2) is 0 Å². The highest BCUT2D eigenvalue weighted by Gasteiger charge is 2.32. The second-order valence-corrected chi connectivity index (χ2v) is 7.06. The van der Waals surface area contributed by atoms with Crippen molar-refractivity contribution in [1.82, 2.24) is 9.88 Å². The van der Waals surface area contributed by atoms with Gasteiger partial charge in [0.2, 0.25) is 5.88 Å². The molecule has 1 aliphatic heterocycles. The summed E-state index contributed by atoms with van der Waals surface area (Å²) in [5.41, 5.74) is 5.11. The summed E-state index contributed by atoms with van der Waals surface area (Å²) >= 11 is 6.06. The van der Waals surface area contributed by atoms with E-state index in [0.717, 1.165) is 0 Å². The molecule has 25 heavy (non-hydrogen) atoms. The van der Waals surface area contributed by atoms with E-state index >= 15 is 0 Å². The van der Waals surface area contributed by atoms with Gasteiger partial charge in [-0.2, -0.15) is 4.98 Å². The van der Waals surface area contributed by atoms with E-state index in [1.807, 2.05) is 0 Å². The molecule has 1 amide bonds. The zero-order valence-corrected chi connectivity index (χ0v) is 15.4. The van der Waals surface area contributed by atoms with Gasteiger partial charge in [0, 0.05) is 19.0 Å².